The van der Waals surface area contributed by atoms with Gasteiger partial charge in [-0.3, -0.25) is 4.90 Å². The zero-order chi connectivity index (χ0) is 13.1. The first kappa shape index (κ1) is 14.0. The molecular formula is C14H24N2OS. The van der Waals surface area contributed by atoms with E-state index in [1.54, 1.807) is 12.0 Å². The molecule has 1 aliphatic rings. The number of rotatable bonds is 5. The summed E-state index contributed by atoms with van der Waals surface area (Å²) >= 11 is 1.89. The van der Waals surface area contributed by atoms with Gasteiger partial charge in [0.05, 0.1) is 6.61 Å². The number of hydrogen-bond acceptors (Lipinski definition) is 4. The molecule has 0 aliphatic carbocycles. The van der Waals surface area contributed by atoms with E-state index in [0.717, 1.165) is 19.6 Å². The van der Waals surface area contributed by atoms with E-state index >= 15 is 0 Å². The van der Waals surface area contributed by atoms with Crippen molar-refractivity contribution in [1.29, 1.82) is 0 Å². The van der Waals surface area contributed by atoms with E-state index in [9.17, 15) is 0 Å². The molecule has 0 fully saturated rings. The van der Waals surface area contributed by atoms with E-state index in [-0.39, 0.29) is 0 Å². The second-order valence-corrected chi connectivity index (χ2v) is 6.20. The van der Waals surface area contributed by atoms with Gasteiger partial charge in [-0.1, -0.05) is 6.92 Å². The molecule has 18 heavy (non-hydrogen) atoms. The van der Waals surface area contributed by atoms with Gasteiger partial charge in [0.2, 0.25) is 0 Å². The monoisotopic (exact) mass is 268 g/mol. The van der Waals surface area contributed by atoms with Crippen LogP contribution in [0.3, 0.4) is 0 Å². The van der Waals surface area contributed by atoms with E-state index < -0.39 is 0 Å². The Morgan fingerprint density at radius 3 is 3.06 bits per heavy atom. The van der Waals surface area contributed by atoms with Crippen LogP contribution < -0.4 is 5.73 Å². The van der Waals surface area contributed by atoms with Crippen LogP contribution in [0, 0.1) is 5.92 Å². The molecule has 2 N–H and O–H groups in total. The Balaban J connectivity index is 2.13. The number of thiophene rings is 1. The summed E-state index contributed by atoms with van der Waals surface area (Å²) in [6.45, 7) is 7.13. The maximum Gasteiger partial charge on any atom is 0.0503 e. The Hall–Kier alpha value is -0.420. The number of nitrogens with zero attached hydrogens (tertiary/aromatic N) is 1. The third kappa shape index (κ3) is 2.62. The van der Waals surface area contributed by atoms with Gasteiger partial charge in [0, 0.05) is 37.2 Å². The largest absolute Gasteiger partial charge is 0.384 e. The molecule has 0 spiro atoms. The molecule has 0 amide bonds. The van der Waals surface area contributed by atoms with Gasteiger partial charge >= 0.3 is 0 Å². The summed E-state index contributed by atoms with van der Waals surface area (Å²) in [5.41, 5.74) is 7.49. The maximum atomic E-state index is 6.00. The standard InChI is InChI=1S/C14H24N2OS/c1-10(9-17-3)13(8-15)16-6-4-14-12(11(16)2)5-7-18-14/h5,7,10-11,13H,4,6,8-9,15H2,1-3H3. The molecule has 0 saturated carbocycles. The number of fused-ring (bicyclic) bond motifs is 1. The lowest BCUT2D eigenvalue weighted by molar-refractivity contribution is 0.0585. The lowest BCUT2D eigenvalue weighted by Crippen LogP contribution is -2.49. The predicted molar refractivity (Wildman–Crippen MR) is 77.0 cm³/mol. The minimum absolute atomic E-state index is 0.410. The van der Waals surface area contributed by atoms with E-state index in [0.29, 0.717) is 24.5 Å². The first-order valence-corrected chi connectivity index (χ1v) is 7.58. The van der Waals surface area contributed by atoms with Crippen molar-refractivity contribution in [3.8, 4) is 0 Å². The van der Waals surface area contributed by atoms with Gasteiger partial charge in [0.1, 0.15) is 0 Å². The molecule has 102 valence electrons. The highest BCUT2D eigenvalue weighted by Crippen LogP contribution is 2.35. The minimum atomic E-state index is 0.410. The smallest absolute Gasteiger partial charge is 0.0503 e. The highest BCUT2D eigenvalue weighted by atomic mass is 32.1. The number of nitrogens with two attached hydrogens (primary N) is 1. The molecule has 2 heterocycles. The molecule has 3 nitrogen and oxygen atoms in total. The van der Waals surface area contributed by atoms with Crippen LogP contribution in [-0.2, 0) is 11.2 Å². The van der Waals surface area contributed by atoms with Gasteiger partial charge in [0.25, 0.3) is 0 Å². The van der Waals surface area contributed by atoms with E-state index in [4.69, 9.17) is 10.5 Å². The highest BCUT2D eigenvalue weighted by molar-refractivity contribution is 7.10. The molecule has 1 aromatic rings. The summed E-state index contributed by atoms with van der Waals surface area (Å²) in [7, 11) is 1.76. The van der Waals surface area contributed by atoms with E-state index in [1.165, 1.54) is 5.56 Å². The van der Waals surface area contributed by atoms with Crippen molar-refractivity contribution in [2.75, 3.05) is 26.8 Å². The molecule has 0 radical (unpaired) electrons. The van der Waals surface area contributed by atoms with Gasteiger partial charge in [-0.25, -0.2) is 0 Å². The van der Waals surface area contributed by atoms with Gasteiger partial charge < -0.3 is 10.5 Å². The van der Waals surface area contributed by atoms with E-state index in [1.807, 2.05) is 11.3 Å². The van der Waals surface area contributed by atoms with Crippen molar-refractivity contribution < 1.29 is 4.74 Å². The fourth-order valence-electron chi connectivity index (χ4n) is 3.05. The number of hydrogen-bond donors (Lipinski definition) is 1. The van der Waals surface area contributed by atoms with Crippen molar-refractivity contribution in [3.05, 3.63) is 21.9 Å². The Kier molecular flexibility index (Phi) is 4.78. The van der Waals surface area contributed by atoms with Crippen molar-refractivity contribution in [2.24, 2.45) is 11.7 Å². The normalized spacial score (nSPS) is 23.7. The molecule has 1 aliphatic heterocycles. The maximum absolute atomic E-state index is 6.00. The molecule has 3 atom stereocenters. The number of methoxy groups -OCH3 is 1. The Bertz CT molecular complexity index is 380. The zero-order valence-corrected chi connectivity index (χ0v) is 12.4. The third-order valence-electron chi connectivity index (χ3n) is 4.08. The van der Waals surface area contributed by atoms with Gasteiger partial charge in [0.15, 0.2) is 0 Å². The van der Waals surface area contributed by atoms with Crippen LogP contribution in [0.2, 0.25) is 0 Å². The van der Waals surface area contributed by atoms with Gasteiger partial charge in [-0.15, -0.1) is 11.3 Å². The molecule has 2 rings (SSSR count). The van der Waals surface area contributed by atoms with Crippen LogP contribution in [0.25, 0.3) is 0 Å². The van der Waals surface area contributed by atoms with Gasteiger partial charge in [-0.2, -0.15) is 0 Å². The summed E-state index contributed by atoms with van der Waals surface area (Å²) in [5, 5.41) is 2.21. The molecule has 0 saturated heterocycles. The minimum Gasteiger partial charge on any atom is -0.384 e. The summed E-state index contributed by atoms with van der Waals surface area (Å²) in [5.74, 6) is 0.475. The Labute approximate surface area is 114 Å². The lowest BCUT2D eigenvalue weighted by Gasteiger charge is -2.41. The summed E-state index contributed by atoms with van der Waals surface area (Å²) in [6, 6.07) is 3.16. The Morgan fingerprint density at radius 2 is 2.39 bits per heavy atom. The average molecular weight is 268 g/mol. The molecule has 0 aromatic carbocycles. The van der Waals surface area contributed by atoms with Crippen LogP contribution in [-0.4, -0.2) is 37.7 Å². The second-order valence-electron chi connectivity index (χ2n) is 5.20. The van der Waals surface area contributed by atoms with Crippen LogP contribution in [0.15, 0.2) is 11.4 Å². The Morgan fingerprint density at radius 1 is 1.61 bits per heavy atom. The fraction of sp³-hybridized carbons (Fsp3) is 0.714. The average Bonchev–Trinajstić information content (AvgIpc) is 2.82. The van der Waals surface area contributed by atoms with Crippen LogP contribution in [0.4, 0.5) is 0 Å². The van der Waals surface area contributed by atoms with Crippen molar-refractivity contribution >= 4 is 11.3 Å². The van der Waals surface area contributed by atoms with E-state index in [2.05, 4.69) is 30.2 Å². The quantitative estimate of drug-likeness (QED) is 0.890. The van der Waals surface area contributed by atoms with Crippen LogP contribution in [0.5, 0.6) is 0 Å². The van der Waals surface area contributed by atoms with Crippen molar-refractivity contribution in [3.63, 3.8) is 0 Å². The SMILES string of the molecule is COCC(C)C(CN)N1CCc2sccc2C1C. The highest BCUT2D eigenvalue weighted by Gasteiger charge is 2.32. The topological polar surface area (TPSA) is 38.5 Å². The van der Waals surface area contributed by atoms with Gasteiger partial charge in [-0.05, 0) is 36.3 Å². The first-order chi connectivity index (χ1) is 8.69. The summed E-state index contributed by atoms with van der Waals surface area (Å²) in [6.07, 6.45) is 1.16. The second kappa shape index (κ2) is 6.15. The molecule has 0 bridgehead atoms. The molecule has 3 unspecified atom stereocenters. The van der Waals surface area contributed by atoms with Crippen LogP contribution in [0.1, 0.15) is 30.3 Å². The van der Waals surface area contributed by atoms with Crippen molar-refractivity contribution in [1.82, 2.24) is 4.90 Å². The first-order valence-electron chi connectivity index (χ1n) is 6.70. The summed E-state index contributed by atoms with van der Waals surface area (Å²) < 4.78 is 5.29. The van der Waals surface area contributed by atoms with Crippen LogP contribution >= 0.6 is 11.3 Å². The molecular weight excluding hydrogens is 244 g/mol. The summed E-state index contributed by atoms with van der Waals surface area (Å²) in [4.78, 5) is 4.10. The predicted octanol–water partition coefficient (Wildman–Crippen LogP) is 2.28. The molecule has 4 heteroatoms. The third-order valence-corrected chi connectivity index (χ3v) is 5.07. The number of ether oxygens (including phenoxy) is 1. The molecule has 1 aromatic heterocycles. The fourth-order valence-corrected chi connectivity index (χ4v) is 4.01. The van der Waals surface area contributed by atoms with Crippen molar-refractivity contribution in [2.45, 2.75) is 32.4 Å². The zero-order valence-electron chi connectivity index (χ0n) is 11.6. The lowest BCUT2D eigenvalue weighted by atomic mass is 9.94.